The van der Waals surface area contributed by atoms with Gasteiger partial charge in [0.1, 0.15) is 6.10 Å². The van der Waals surface area contributed by atoms with Crippen molar-refractivity contribution in [3.05, 3.63) is 0 Å². The second-order valence-corrected chi connectivity index (χ2v) is 6.85. The lowest BCUT2D eigenvalue weighted by atomic mass is 9.84. The van der Waals surface area contributed by atoms with Gasteiger partial charge in [-0.15, -0.1) is 0 Å². The van der Waals surface area contributed by atoms with Crippen LogP contribution in [0.25, 0.3) is 0 Å². The van der Waals surface area contributed by atoms with Gasteiger partial charge in [-0.3, -0.25) is 4.90 Å². The van der Waals surface area contributed by atoms with Crippen LogP contribution in [0.1, 0.15) is 32.1 Å². The Labute approximate surface area is 120 Å². The summed E-state index contributed by atoms with van der Waals surface area (Å²) in [5.74, 6) is 0.894. The van der Waals surface area contributed by atoms with Crippen LogP contribution in [-0.4, -0.2) is 67.7 Å². The normalized spacial score (nSPS) is 41.1. The molecule has 0 amide bonds. The molecule has 112 valence electrons. The van der Waals surface area contributed by atoms with Gasteiger partial charge in [0.15, 0.2) is 6.61 Å². The lowest BCUT2D eigenvalue weighted by Crippen LogP contribution is -2.45. The number of oxime groups is 1. The Morgan fingerprint density at radius 3 is 2.60 bits per heavy atom. The summed E-state index contributed by atoms with van der Waals surface area (Å²) < 4.78 is 6.25. The summed E-state index contributed by atoms with van der Waals surface area (Å²) >= 11 is 0. The SMILES string of the molecule is C1CCN(C[C@@H]2CON=C(C34CCN(CC3)C4)O2)CC1. The highest BCUT2D eigenvalue weighted by molar-refractivity contribution is 5.84. The van der Waals surface area contributed by atoms with E-state index >= 15 is 0 Å². The summed E-state index contributed by atoms with van der Waals surface area (Å²) in [4.78, 5) is 10.5. The van der Waals surface area contributed by atoms with Crippen molar-refractivity contribution in [3.8, 4) is 0 Å². The molecular weight excluding hydrogens is 254 g/mol. The third-order valence-corrected chi connectivity index (χ3v) is 5.39. The van der Waals surface area contributed by atoms with E-state index in [2.05, 4.69) is 15.0 Å². The Kier molecular flexibility index (Phi) is 3.34. The Hall–Kier alpha value is -0.810. The first-order valence-electron chi connectivity index (χ1n) is 8.16. The predicted molar refractivity (Wildman–Crippen MR) is 76.7 cm³/mol. The molecule has 3 saturated heterocycles. The van der Waals surface area contributed by atoms with E-state index in [4.69, 9.17) is 9.57 Å². The quantitative estimate of drug-likeness (QED) is 0.780. The summed E-state index contributed by atoms with van der Waals surface area (Å²) in [7, 11) is 0. The van der Waals surface area contributed by atoms with Crippen LogP contribution in [0.15, 0.2) is 5.16 Å². The van der Waals surface area contributed by atoms with Gasteiger partial charge in [0.05, 0.1) is 5.41 Å². The lowest BCUT2D eigenvalue weighted by Gasteiger charge is -2.35. The van der Waals surface area contributed by atoms with Gasteiger partial charge in [0.2, 0.25) is 5.90 Å². The summed E-state index contributed by atoms with van der Waals surface area (Å²) in [6.45, 7) is 7.54. The topological polar surface area (TPSA) is 37.3 Å². The van der Waals surface area contributed by atoms with Crippen molar-refractivity contribution < 1.29 is 9.57 Å². The van der Waals surface area contributed by atoms with E-state index in [1.54, 1.807) is 0 Å². The molecule has 0 spiro atoms. The van der Waals surface area contributed by atoms with Crippen molar-refractivity contribution in [1.29, 1.82) is 0 Å². The van der Waals surface area contributed by atoms with Crippen molar-refractivity contribution in [2.24, 2.45) is 10.6 Å². The number of hydrogen-bond donors (Lipinski definition) is 0. The highest BCUT2D eigenvalue weighted by atomic mass is 16.7. The average Bonchev–Trinajstić information content (AvgIpc) is 3.11. The van der Waals surface area contributed by atoms with Gasteiger partial charge in [0, 0.05) is 13.1 Å². The number of piperidine rings is 2. The van der Waals surface area contributed by atoms with Gasteiger partial charge in [-0.2, -0.15) is 0 Å². The Balaban J connectivity index is 1.38. The van der Waals surface area contributed by atoms with E-state index in [0.717, 1.165) is 19.0 Å². The van der Waals surface area contributed by atoms with Gasteiger partial charge in [-0.25, -0.2) is 0 Å². The Morgan fingerprint density at radius 2 is 1.90 bits per heavy atom. The van der Waals surface area contributed by atoms with E-state index in [1.165, 1.54) is 58.3 Å². The van der Waals surface area contributed by atoms with Crippen LogP contribution in [0, 0.1) is 5.41 Å². The molecule has 4 heterocycles. The van der Waals surface area contributed by atoms with E-state index in [-0.39, 0.29) is 11.5 Å². The summed E-state index contributed by atoms with van der Waals surface area (Å²) in [5, 5.41) is 4.27. The minimum absolute atomic E-state index is 0.167. The molecule has 20 heavy (non-hydrogen) atoms. The molecule has 0 aromatic heterocycles. The molecule has 5 heteroatoms. The molecule has 0 unspecified atom stereocenters. The van der Waals surface area contributed by atoms with E-state index in [0.29, 0.717) is 6.61 Å². The lowest BCUT2D eigenvalue weighted by molar-refractivity contribution is -0.0203. The third kappa shape index (κ3) is 2.31. The first kappa shape index (κ1) is 12.9. The number of rotatable bonds is 3. The molecule has 3 fully saturated rings. The molecule has 0 aromatic rings. The predicted octanol–water partition coefficient (Wildman–Crippen LogP) is 1.30. The molecular formula is C15H25N3O2. The fourth-order valence-electron chi connectivity index (χ4n) is 4.14. The van der Waals surface area contributed by atoms with Gasteiger partial charge in [0.25, 0.3) is 0 Å². The molecule has 1 atom stereocenters. The van der Waals surface area contributed by atoms with Gasteiger partial charge < -0.3 is 14.5 Å². The molecule has 5 nitrogen and oxygen atoms in total. The maximum atomic E-state index is 6.25. The third-order valence-electron chi connectivity index (χ3n) is 5.39. The standard InChI is InChI=1S/C15H25N3O2/c1-2-6-17(7-3-1)10-13-11-19-16-14(20-13)15-4-8-18(12-15)9-5-15/h13H,1-12H2/t13-/m1/s1. The number of hydrogen-bond acceptors (Lipinski definition) is 5. The number of fused-ring (bicyclic) bond motifs is 2. The van der Waals surface area contributed by atoms with Crippen LogP contribution in [0.5, 0.6) is 0 Å². The summed E-state index contributed by atoms with van der Waals surface area (Å²) in [6.07, 6.45) is 6.58. The molecule has 4 aliphatic rings. The zero-order valence-corrected chi connectivity index (χ0v) is 12.2. The molecule has 0 radical (unpaired) electrons. The smallest absolute Gasteiger partial charge is 0.233 e. The van der Waals surface area contributed by atoms with Crippen LogP contribution >= 0.6 is 0 Å². The maximum absolute atomic E-state index is 6.25. The van der Waals surface area contributed by atoms with Crippen molar-refractivity contribution in [2.45, 2.75) is 38.2 Å². The van der Waals surface area contributed by atoms with Gasteiger partial charge >= 0.3 is 0 Å². The van der Waals surface area contributed by atoms with Crippen LogP contribution in [0.2, 0.25) is 0 Å². The summed E-state index contributed by atoms with van der Waals surface area (Å²) in [5.41, 5.74) is 0.167. The van der Waals surface area contributed by atoms with E-state index < -0.39 is 0 Å². The average molecular weight is 279 g/mol. The van der Waals surface area contributed by atoms with Crippen LogP contribution in [-0.2, 0) is 9.57 Å². The molecule has 0 aromatic carbocycles. The monoisotopic (exact) mass is 279 g/mol. The van der Waals surface area contributed by atoms with Gasteiger partial charge in [-0.1, -0.05) is 11.6 Å². The van der Waals surface area contributed by atoms with Crippen molar-refractivity contribution in [2.75, 3.05) is 45.9 Å². The van der Waals surface area contributed by atoms with Crippen LogP contribution in [0.3, 0.4) is 0 Å². The molecule has 0 saturated carbocycles. The van der Waals surface area contributed by atoms with Crippen LogP contribution < -0.4 is 0 Å². The zero-order chi connectivity index (χ0) is 13.4. The number of likely N-dealkylation sites (tertiary alicyclic amines) is 1. The minimum atomic E-state index is 0.167. The highest BCUT2D eigenvalue weighted by Gasteiger charge is 2.50. The van der Waals surface area contributed by atoms with Crippen molar-refractivity contribution in [3.63, 3.8) is 0 Å². The van der Waals surface area contributed by atoms with Gasteiger partial charge in [-0.05, 0) is 51.9 Å². The second kappa shape index (κ2) is 5.19. The molecule has 0 N–H and O–H groups in total. The first-order chi connectivity index (χ1) is 9.84. The zero-order valence-electron chi connectivity index (χ0n) is 12.2. The minimum Gasteiger partial charge on any atom is -0.470 e. The largest absolute Gasteiger partial charge is 0.470 e. The fourth-order valence-corrected chi connectivity index (χ4v) is 4.14. The van der Waals surface area contributed by atoms with Crippen LogP contribution in [0.4, 0.5) is 0 Å². The molecule has 0 aliphatic carbocycles. The Bertz CT molecular complexity index is 385. The molecule has 4 rings (SSSR count). The molecule has 2 bridgehead atoms. The Morgan fingerprint density at radius 1 is 1.10 bits per heavy atom. The van der Waals surface area contributed by atoms with E-state index in [9.17, 15) is 0 Å². The first-order valence-corrected chi connectivity index (χ1v) is 8.16. The van der Waals surface area contributed by atoms with Crippen molar-refractivity contribution in [1.82, 2.24) is 9.80 Å². The number of nitrogens with zero attached hydrogens (tertiary/aromatic N) is 3. The summed E-state index contributed by atoms with van der Waals surface area (Å²) in [6, 6.07) is 0. The highest BCUT2D eigenvalue weighted by Crippen LogP contribution is 2.42. The number of ether oxygens (including phenoxy) is 1. The van der Waals surface area contributed by atoms with E-state index in [1.807, 2.05) is 0 Å². The van der Waals surface area contributed by atoms with Crippen molar-refractivity contribution >= 4 is 5.90 Å². The maximum Gasteiger partial charge on any atom is 0.233 e. The molecule has 4 aliphatic heterocycles. The second-order valence-electron chi connectivity index (χ2n) is 6.85. The fraction of sp³-hybridized carbons (Fsp3) is 0.933.